The number of nitro benzene ring substituents is 1. The number of benzene rings is 2. The second-order valence-corrected chi connectivity index (χ2v) is 11.0. The molecule has 35 heavy (non-hydrogen) atoms. The third kappa shape index (κ3) is 4.68. The number of nitro groups is 1. The van der Waals surface area contributed by atoms with Gasteiger partial charge in [0.05, 0.1) is 21.2 Å². The van der Waals surface area contributed by atoms with Crippen molar-refractivity contribution in [3.8, 4) is 5.69 Å². The number of para-hydroxylation sites is 1. The summed E-state index contributed by atoms with van der Waals surface area (Å²) < 4.78 is 31.7. The summed E-state index contributed by atoms with van der Waals surface area (Å²) in [7, 11) is -2.61. The lowest BCUT2D eigenvalue weighted by Crippen LogP contribution is -2.39. The lowest BCUT2D eigenvalue weighted by molar-refractivity contribution is -0.384. The van der Waals surface area contributed by atoms with Crippen LogP contribution in [0.1, 0.15) is 26.0 Å². The highest BCUT2D eigenvalue weighted by Gasteiger charge is 2.30. The lowest BCUT2D eigenvalue weighted by atomic mass is 9.91. The molecule has 1 aromatic heterocycles. The lowest BCUT2D eigenvalue weighted by Gasteiger charge is -2.36. The predicted molar refractivity (Wildman–Crippen MR) is 135 cm³/mol. The van der Waals surface area contributed by atoms with Crippen molar-refractivity contribution in [2.45, 2.75) is 32.1 Å². The molecule has 4 rings (SSSR count). The van der Waals surface area contributed by atoms with Crippen molar-refractivity contribution >= 4 is 27.1 Å². The van der Waals surface area contributed by atoms with E-state index in [1.807, 2.05) is 11.0 Å². The van der Waals surface area contributed by atoms with Gasteiger partial charge in [0.2, 0.25) is 0 Å². The van der Waals surface area contributed by atoms with Gasteiger partial charge < -0.3 is 4.90 Å². The van der Waals surface area contributed by atoms with Crippen molar-refractivity contribution < 1.29 is 13.3 Å². The topological polar surface area (TPSA) is 119 Å². The smallest absolute Gasteiger partial charge is 0.296 e. The van der Waals surface area contributed by atoms with E-state index < -0.39 is 20.5 Å². The van der Waals surface area contributed by atoms with Crippen LogP contribution in [0.3, 0.4) is 0 Å². The van der Waals surface area contributed by atoms with Gasteiger partial charge in [-0.2, -0.15) is 0 Å². The van der Waals surface area contributed by atoms with Crippen LogP contribution in [0.15, 0.2) is 58.2 Å². The molecule has 2 aromatic carbocycles. The number of nitrogens with one attached hydrogen (secondary N) is 1. The quantitative estimate of drug-likeness (QED) is 0.408. The van der Waals surface area contributed by atoms with Crippen LogP contribution < -0.4 is 15.2 Å². The summed E-state index contributed by atoms with van der Waals surface area (Å²) in [5.41, 5.74) is 0.461. The summed E-state index contributed by atoms with van der Waals surface area (Å²) >= 11 is 0. The minimum atomic E-state index is -4.27. The molecular formula is C24H29N5O5S. The first-order valence-electron chi connectivity index (χ1n) is 11.4. The molecule has 186 valence electrons. The fraction of sp³-hybridized carbons (Fsp3) is 0.375. The fourth-order valence-electron chi connectivity index (χ4n) is 4.82. The van der Waals surface area contributed by atoms with Gasteiger partial charge in [0, 0.05) is 26.2 Å². The third-order valence-electron chi connectivity index (χ3n) is 6.45. The maximum atomic E-state index is 13.2. The van der Waals surface area contributed by atoms with Gasteiger partial charge in [-0.25, -0.2) is 13.1 Å². The molecule has 0 spiro atoms. The SMILES string of the molecule is Cc1c(NS(=O)(=O)c2ccc(N3C[C@@H](C)C[C@H](C)C3)c([N+](=O)[O-])c2)c(=O)n(-c2ccccc2)n1C. The number of nitrogens with zero attached hydrogens (tertiary/aromatic N) is 4. The molecule has 10 nitrogen and oxygen atoms in total. The first kappa shape index (κ1) is 24.5. The Balaban J connectivity index is 1.72. The number of hydrogen-bond donors (Lipinski definition) is 1. The summed E-state index contributed by atoms with van der Waals surface area (Å²) in [6, 6.07) is 12.7. The number of rotatable bonds is 6. The molecule has 1 aliphatic rings. The minimum absolute atomic E-state index is 0.109. The largest absolute Gasteiger partial charge is 0.365 e. The monoisotopic (exact) mass is 499 g/mol. The minimum Gasteiger partial charge on any atom is -0.365 e. The van der Waals surface area contributed by atoms with Gasteiger partial charge in [0.1, 0.15) is 11.4 Å². The zero-order valence-electron chi connectivity index (χ0n) is 20.1. The first-order valence-corrected chi connectivity index (χ1v) is 12.9. The van der Waals surface area contributed by atoms with Gasteiger partial charge in [0.25, 0.3) is 21.3 Å². The zero-order chi connectivity index (χ0) is 25.5. The van der Waals surface area contributed by atoms with Gasteiger partial charge in [-0.3, -0.25) is 24.3 Å². The number of anilines is 2. The molecule has 2 atom stereocenters. The van der Waals surface area contributed by atoms with Crippen LogP contribution in [0.4, 0.5) is 17.1 Å². The Hall–Kier alpha value is -3.60. The molecule has 3 aromatic rings. The normalized spacial score (nSPS) is 18.5. The van der Waals surface area contributed by atoms with Crippen LogP contribution in [0, 0.1) is 28.9 Å². The molecule has 0 amide bonds. The number of piperidine rings is 1. The van der Waals surface area contributed by atoms with E-state index in [0.717, 1.165) is 12.5 Å². The molecule has 0 saturated carbocycles. The molecule has 0 aliphatic carbocycles. The van der Waals surface area contributed by atoms with Crippen LogP contribution in [0.25, 0.3) is 5.69 Å². The van der Waals surface area contributed by atoms with E-state index >= 15 is 0 Å². The second kappa shape index (κ2) is 9.21. The Labute approximate surface area is 204 Å². The van der Waals surface area contributed by atoms with E-state index in [1.165, 1.54) is 16.8 Å². The average molecular weight is 500 g/mol. The molecule has 0 radical (unpaired) electrons. The van der Waals surface area contributed by atoms with Crippen LogP contribution in [0.2, 0.25) is 0 Å². The standard InChI is InChI=1S/C24H29N5O5S/c1-16-12-17(2)15-27(14-16)21-11-10-20(13-22(21)29(31)32)35(33,34)25-23-18(3)26(4)28(24(23)30)19-8-6-5-7-9-19/h5-11,13,16-17,25H,12,14-15H2,1-4H3/t16-,17-/m0/s1. The Kier molecular flexibility index (Phi) is 6.46. The van der Waals surface area contributed by atoms with E-state index in [9.17, 15) is 23.3 Å². The number of sulfonamides is 1. The van der Waals surface area contributed by atoms with Crippen molar-refractivity contribution in [1.29, 1.82) is 0 Å². The van der Waals surface area contributed by atoms with E-state index in [1.54, 1.807) is 42.9 Å². The Morgan fingerprint density at radius 1 is 1.06 bits per heavy atom. The Morgan fingerprint density at radius 2 is 1.69 bits per heavy atom. The molecule has 2 heterocycles. The molecule has 1 N–H and O–H groups in total. The molecule has 1 saturated heterocycles. The summed E-state index contributed by atoms with van der Waals surface area (Å²) in [4.78, 5) is 26.1. The van der Waals surface area contributed by atoms with Crippen LogP contribution >= 0.6 is 0 Å². The zero-order valence-corrected chi connectivity index (χ0v) is 20.9. The van der Waals surface area contributed by atoms with Crippen molar-refractivity contribution in [2.24, 2.45) is 18.9 Å². The highest BCUT2D eigenvalue weighted by atomic mass is 32.2. The van der Waals surface area contributed by atoms with Gasteiger partial charge >= 0.3 is 0 Å². The van der Waals surface area contributed by atoms with Crippen molar-refractivity contribution in [3.63, 3.8) is 0 Å². The summed E-state index contributed by atoms with van der Waals surface area (Å²) in [6.45, 7) is 7.15. The average Bonchev–Trinajstić information content (AvgIpc) is 3.01. The van der Waals surface area contributed by atoms with Crippen molar-refractivity contribution in [2.75, 3.05) is 22.7 Å². The molecule has 0 unspecified atom stereocenters. The Bertz CT molecular complexity index is 1420. The first-order chi connectivity index (χ1) is 16.5. The van der Waals surface area contributed by atoms with E-state index in [-0.39, 0.29) is 16.3 Å². The highest BCUT2D eigenvalue weighted by molar-refractivity contribution is 7.92. The number of aromatic nitrogens is 2. The second-order valence-electron chi connectivity index (χ2n) is 9.30. The maximum absolute atomic E-state index is 13.2. The van der Waals surface area contributed by atoms with Crippen LogP contribution in [0.5, 0.6) is 0 Å². The van der Waals surface area contributed by atoms with Gasteiger partial charge in [0.15, 0.2) is 0 Å². The third-order valence-corrected chi connectivity index (χ3v) is 7.80. The highest BCUT2D eigenvalue weighted by Crippen LogP contribution is 2.35. The van der Waals surface area contributed by atoms with Crippen molar-refractivity contribution in [1.82, 2.24) is 9.36 Å². The van der Waals surface area contributed by atoms with E-state index in [4.69, 9.17) is 0 Å². The van der Waals surface area contributed by atoms with Crippen molar-refractivity contribution in [3.05, 3.63) is 74.7 Å². The summed E-state index contributed by atoms with van der Waals surface area (Å²) in [5, 5.41) is 11.9. The summed E-state index contributed by atoms with van der Waals surface area (Å²) in [6.07, 6.45) is 1.04. The molecule has 1 aliphatic heterocycles. The fourth-order valence-corrected chi connectivity index (χ4v) is 5.96. The van der Waals surface area contributed by atoms with Crippen LogP contribution in [-0.2, 0) is 17.1 Å². The Morgan fingerprint density at radius 3 is 2.29 bits per heavy atom. The predicted octanol–water partition coefficient (Wildman–Crippen LogP) is 3.68. The molecule has 11 heteroatoms. The van der Waals surface area contributed by atoms with Gasteiger partial charge in [-0.1, -0.05) is 32.0 Å². The molecular weight excluding hydrogens is 470 g/mol. The maximum Gasteiger partial charge on any atom is 0.296 e. The molecule has 1 fully saturated rings. The van der Waals surface area contributed by atoms with Gasteiger partial charge in [-0.15, -0.1) is 0 Å². The van der Waals surface area contributed by atoms with E-state index in [0.29, 0.717) is 42.0 Å². The van der Waals surface area contributed by atoms with Crippen LogP contribution in [-0.4, -0.2) is 35.8 Å². The van der Waals surface area contributed by atoms with Gasteiger partial charge in [-0.05, 0) is 49.4 Å². The summed E-state index contributed by atoms with van der Waals surface area (Å²) in [5.74, 6) is 0.743. The van der Waals surface area contributed by atoms with E-state index in [2.05, 4.69) is 18.6 Å². The number of hydrogen-bond acceptors (Lipinski definition) is 6. The molecule has 0 bridgehead atoms.